The fourth-order valence-electron chi connectivity index (χ4n) is 2.17. The Bertz CT molecular complexity index is 414. The minimum Gasteiger partial charge on any atom is -0.397 e. The minimum atomic E-state index is 0.190. The number of nitrogen functional groups attached to an aromatic ring is 1. The third kappa shape index (κ3) is 2.36. The maximum atomic E-state index is 5.80. The van der Waals surface area contributed by atoms with Crippen LogP contribution in [0.25, 0.3) is 0 Å². The van der Waals surface area contributed by atoms with Crippen molar-refractivity contribution >= 4 is 11.5 Å². The molecule has 1 saturated heterocycles. The van der Waals surface area contributed by atoms with Crippen molar-refractivity contribution in [1.82, 2.24) is 9.88 Å². The van der Waals surface area contributed by atoms with Gasteiger partial charge in [-0.1, -0.05) is 0 Å². The van der Waals surface area contributed by atoms with Crippen molar-refractivity contribution in [2.75, 3.05) is 37.3 Å². The maximum Gasteiger partial charge on any atom is 0.129 e. The number of rotatable bonds is 1. The van der Waals surface area contributed by atoms with Crippen LogP contribution < -0.4 is 10.6 Å². The Balaban J connectivity index is 2.21. The summed E-state index contributed by atoms with van der Waals surface area (Å²) in [6.45, 7) is 9.58. The predicted octanol–water partition coefficient (Wildman–Crippen LogP) is 1.50. The SMILES string of the molecule is Cc1nc(N2CCN(C)C(C)(C)C2)ccc1N. The van der Waals surface area contributed by atoms with Gasteiger partial charge in [0.15, 0.2) is 0 Å². The number of hydrogen-bond acceptors (Lipinski definition) is 4. The highest BCUT2D eigenvalue weighted by molar-refractivity contribution is 5.50. The summed E-state index contributed by atoms with van der Waals surface area (Å²) in [5.74, 6) is 1.04. The zero-order valence-electron chi connectivity index (χ0n) is 11.2. The zero-order chi connectivity index (χ0) is 12.6. The second-order valence-electron chi connectivity index (χ2n) is 5.50. The first kappa shape index (κ1) is 12.2. The molecule has 1 aromatic heterocycles. The largest absolute Gasteiger partial charge is 0.397 e. The highest BCUT2D eigenvalue weighted by Gasteiger charge is 2.31. The molecule has 1 aliphatic heterocycles. The first-order valence-electron chi connectivity index (χ1n) is 6.09. The molecule has 4 heteroatoms. The lowest BCUT2D eigenvalue weighted by Gasteiger charge is -2.45. The van der Waals surface area contributed by atoms with Crippen molar-refractivity contribution in [2.24, 2.45) is 0 Å². The standard InChI is InChI=1S/C13H22N4/c1-10-11(14)5-6-12(15-10)17-8-7-16(4)13(2,3)9-17/h5-6H,7-9,14H2,1-4H3. The molecule has 0 bridgehead atoms. The summed E-state index contributed by atoms with van der Waals surface area (Å²) in [6, 6.07) is 3.96. The Morgan fingerprint density at radius 3 is 2.59 bits per heavy atom. The first-order chi connectivity index (χ1) is 7.90. The molecule has 0 atom stereocenters. The van der Waals surface area contributed by atoms with Crippen LogP contribution in [0, 0.1) is 6.92 Å². The average molecular weight is 234 g/mol. The van der Waals surface area contributed by atoms with Gasteiger partial charge in [0.05, 0.1) is 11.4 Å². The molecule has 4 nitrogen and oxygen atoms in total. The second-order valence-corrected chi connectivity index (χ2v) is 5.50. The Hall–Kier alpha value is -1.29. The van der Waals surface area contributed by atoms with Crippen LogP contribution >= 0.6 is 0 Å². The Kier molecular flexibility index (Phi) is 3.00. The average Bonchev–Trinajstić information content (AvgIpc) is 2.26. The molecule has 2 N–H and O–H groups in total. The van der Waals surface area contributed by atoms with Gasteiger partial charge in [0.2, 0.25) is 0 Å². The normalized spacial score (nSPS) is 20.6. The number of anilines is 2. The molecule has 0 aliphatic carbocycles. The maximum absolute atomic E-state index is 5.80. The summed E-state index contributed by atoms with van der Waals surface area (Å²) in [5.41, 5.74) is 7.68. The van der Waals surface area contributed by atoms with Gasteiger partial charge in [0.1, 0.15) is 5.82 Å². The number of aromatic nitrogens is 1. The topological polar surface area (TPSA) is 45.4 Å². The zero-order valence-corrected chi connectivity index (χ0v) is 11.2. The van der Waals surface area contributed by atoms with Gasteiger partial charge in [-0.2, -0.15) is 0 Å². The highest BCUT2D eigenvalue weighted by Crippen LogP contribution is 2.24. The Morgan fingerprint density at radius 1 is 1.29 bits per heavy atom. The molecule has 94 valence electrons. The lowest BCUT2D eigenvalue weighted by Crippen LogP contribution is -2.57. The van der Waals surface area contributed by atoms with E-state index in [9.17, 15) is 0 Å². The molecule has 0 radical (unpaired) electrons. The van der Waals surface area contributed by atoms with Crippen molar-refractivity contribution in [3.63, 3.8) is 0 Å². The van der Waals surface area contributed by atoms with E-state index in [1.165, 1.54) is 0 Å². The van der Waals surface area contributed by atoms with Crippen molar-refractivity contribution in [3.8, 4) is 0 Å². The number of likely N-dealkylation sites (N-methyl/N-ethyl adjacent to an activating group) is 1. The smallest absolute Gasteiger partial charge is 0.129 e. The molecule has 2 rings (SSSR count). The van der Waals surface area contributed by atoms with Crippen LogP contribution in [-0.2, 0) is 0 Å². The molecule has 0 unspecified atom stereocenters. The molecule has 0 spiro atoms. The van der Waals surface area contributed by atoms with Gasteiger partial charge in [-0.3, -0.25) is 4.90 Å². The second kappa shape index (κ2) is 4.18. The highest BCUT2D eigenvalue weighted by atomic mass is 15.3. The summed E-state index contributed by atoms with van der Waals surface area (Å²) in [4.78, 5) is 9.31. The number of hydrogen-bond donors (Lipinski definition) is 1. The lowest BCUT2D eigenvalue weighted by molar-refractivity contribution is 0.138. The van der Waals surface area contributed by atoms with Gasteiger partial charge in [-0.25, -0.2) is 4.98 Å². The molecular weight excluding hydrogens is 212 g/mol. The fraction of sp³-hybridized carbons (Fsp3) is 0.615. The third-order valence-electron chi connectivity index (χ3n) is 3.75. The van der Waals surface area contributed by atoms with E-state index in [1.807, 2.05) is 19.1 Å². The van der Waals surface area contributed by atoms with E-state index in [0.29, 0.717) is 0 Å². The van der Waals surface area contributed by atoms with E-state index in [-0.39, 0.29) is 5.54 Å². The molecule has 0 amide bonds. The predicted molar refractivity (Wildman–Crippen MR) is 72.3 cm³/mol. The van der Waals surface area contributed by atoms with Crippen LogP contribution in [0.3, 0.4) is 0 Å². The van der Waals surface area contributed by atoms with Gasteiger partial charge in [0, 0.05) is 25.2 Å². The van der Waals surface area contributed by atoms with Gasteiger partial charge in [-0.05, 0) is 40.0 Å². The van der Waals surface area contributed by atoms with Gasteiger partial charge in [0.25, 0.3) is 0 Å². The van der Waals surface area contributed by atoms with E-state index in [4.69, 9.17) is 5.73 Å². The molecular formula is C13H22N4. The molecule has 0 aromatic carbocycles. The monoisotopic (exact) mass is 234 g/mol. The third-order valence-corrected chi connectivity index (χ3v) is 3.75. The number of nitrogens with zero attached hydrogens (tertiary/aromatic N) is 3. The van der Waals surface area contributed by atoms with Crippen LogP contribution in [-0.4, -0.2) is 42.1 Å². The van der Waals surface area contributed by atoms with Crippen molar-refractivity contribution in [3.05, 3.63) is 17.8 Å². The van der Waals surface area contributed by atoms with Crippen LogP contribution in [0.5, 0.6) is 0 Å². The van der Waals surface area contributed by atoms with Crippen LogP contribution in [0.1, 0.15) is 19.5 Å². The summed E-state index contributed by atoms with van der Waals surface area (Å²) >= 11 is 0. The van der Waals surface area contributed by atoms with Gasteiger partial charge in [-0.15, -0.1) is 0 Å². The van der Waals surface area contributed by atoms with E-state index in [1.54, 1.807) is 0 Å². The Morgan fingerprint density at radius 2 is 2.00 bits per heavy atom. The van der Waals surface area contributed by atoms with Crippen molar-refractivity contribution in [2.45, 2.75) is 26.3 Å². The lowest BCUT2D eigenvalue weighted by atomic mass is 10.00. The number of piperazine rings is 1. The molecule has 17 heavy (non-hydrogen) atoms. The summed E-state index contributed by atoms with van der Waals surface area (Å²) < 4.78 is 0. The van der Waals surface area contributed by atoms with E-state index < -0.39 is 0 Å². The quantitative estimate of drug-likeness (QED) is 0.800. The molecule has 1 aliphatic rings. The Labute approximate surface area is 103 Å². The first-order valence-corrected chi connectivity index (χ1v) is 6.09. The van der Waals surface area contributed by atoms with E-state index in [0.717, 1.165) is 36.8 Å². The molecule has 2 heterocycles. The van der Waals surface area contributed by atoms with Crippen LogP contribution in [0.15, 0.2) is 12.1 Å². The molecule has 1 fully saturated rings. The number of pyridine rings is 1. The summed E-state index contributed by atoms with van der Waals surface area (Å²) in [6.07, 6.45) is 0. The minimum absolute atomic E-state index is 0.190. The van der Waals surface area contributed by atoms with E-state index >= 15 is 0 Å². The van der Waals surface area contributed by atoms with E-state index in [2.05, 4.69) is 35.7 Å². The number of aryl methyl sites for hydroxylation is 1. The van der Waals surface area contributed by atoms with Gasteiger partial charge >= 0.3 is 0 Å². The van der Waals surface area contributed by atoms with Gasteiger partial charge < -0.3 is 10.6 Å². The summed E-state index contributed by atoms with van der Waals surface area (Å²) in [5, 5.41) is 0. The van der Waals surface area contributed by atoms with Crippen LogP contribution in [0.4, 0.5) is 11.5 Å². The molecule has 1 aromatic rings. The molecule has 0 saturated carbocycles. The fourth-order valence-corrected chi connectivity index (χ4v) is 2.17. The number of nitrogens with two attached hydrogens (primary N) is 1. The summed E-state index contributed by atoms with van der Waals surface area (Å²) in [7, 11) is 2.18. The van der Waals surface area contributed by atoms with Crippen molar-refractivity contribution in [1.29, 1.82) is 0 Å². The van der Waals surface area contributed by atoms with Crippen molar-refractivity contribution < 1.29 is 0 Å². The van der Waals surface area contributed by atoms with Crippen LogP contribution in [0.2, 0.25) is 0 Å².